The molecule has 3 atom stereocenters. The van der Waals surface area contributed by atoms with Gasteiger partial charge in [0.2, 0.25) is 17.7 Å². The SMILES string of the molecule is CCC(C(=O)Nc1sc(C(N)=O)c(C)c1C(=O)NCCNC(=O)[C@@H](NC(=O)[C@@H](NC(=O)OC(C)(C)C)C(C)C)C(C)C)c1ccc(F)cc1. The molecule has 1 unspecified atom stereocenters. The van der Waals surface area contributed by atoms with E-state index in [-0.39, 0.29) is 45.9 Å². The van der Waals surface area contributed by atoms with Crippen LogP contribution in [0.4, 0.5) is 14.2 Å². The normalized spacial score (nSPS) is 13.2. The molecule has 0 spiro atoms. The van der Waals surface area contributed by atoms with Crippen LogP contribution in [0.15, 0.2) is 24.3 Å². The number of nitrogens with one attached hydrogen (secondary N) is 5. The number of halogens is 1. The van der Waals surface area contributed by atoms with Gasteiger partial charge < -0.3 is 37.1 Å². The molecule has 13 nitrogen and oxygen atoms in total. The van der Waals surface area contributed by atoms with Crippen molar-refractivity contribution in [1.29, 1.82) is 0 Å². The Labute approximate surface area is 290 Å². The van der Waals surface area contributed by atoms with Gasteiger partial charge in [0.05, 0.1) is 16.4 Å². The number of anilines is 1. The van der Waals surface area contributed by atoms with Gasteiger partial charge in [0.15, 0.2) is 0 Å². The Balaban J connectivity index is 2.09. The zero-order valence-electron chi connectivity index (χ0n) is 29.5. The number of benzene rings is 1. The summed E-state index contributed by atoms with van der Waals surface area (Å²) in [7, 11) is 0. The summed E-state index contributed by atoms with van der Waals surface area (Å²) >= 11 is 0.872. The molecule has 15 heteroatoms. The summed E-state index contributed by atoms with van der Waals surface area (Å²) in [5.74, 6) is -4.59. The largest absolute Gasteiger partial charge is 0.444 e. The van der Waals surface area contributed by atoms with Crippen LogP contribution < -0.4 is 32.3 Å². The predicted octanol–water partition coefficient (Wildman–Crippen LogP) is 3.96. The molecule has 7 N–H and O–H groups in total. The van der Waals surface area contributed by atoms with E-state index in [9.17, 15) is 33.2 Å². The van der Waals surface area contributed by atoms with Gasteiger partial charge in [0.1, 0.15) is 28.5 Å². The molecule has 6 amide bonds. The van der Waals surface area contributed by atoms with Crippen LogP contribution in [0.25, 0.3) is 0 Å². The Morgan fingerprint density at radius 3 is 1.92 bits per heavy atom. The zero-order chi connectivity index (χ0) is 37.2. The number of carbonyl (C=O) groups is 6. The van der Waals surface area contributed by atoms with Gasteiger partial charge in [-0.2, -0.15) is 0 Å². The molecule has 0 saturated carbocycles. The monoisotopic (exact) mass is 704 g/mol. The molecule has 1 aromatic carbocycles. The summed E-state index contributed by atoms with van der Waals surface area (Å²) < 4.78 is 18.7. The van der Waals surface area contributed by atoms with Crippen molar-refractivity contribution >= 4 is 52.0 Å². The van der Waals surface area contributed by atoms with Crippen molar-refractivity contribution in [3.63, 3.8) is 0 Å². The highest BCUT2D eigenvalue weighted by Gasteiger charge is 2.32. The highest BCUT2D eigenvalue weighted by Crippen LogP contribution is 2.34. The van der Waals surface area contributed by atoms with Gasteiger partial charge in [-0.25, -0.2) is 9.18 Å². The average molecular weight is 705 g/mol. The van der Waals surface area contributed by atoms with E-state index in [1.165, 1.54) is 31.2 Å². The summed E-state index contributed by atoms with van der Waals surface area (Å²) in [4.78, 5) is 77.4. The Bertz CT molecular complexity index is 1520. The van der Waals surface area contributed by atoms with Crippen LogP contribution in [0.2, 0.25) is 0 Å². The van der Waals surface area contributed by atoms with Gasteiger partial charge >= 0.3 is 6.09 Å². The molecule has 0 aliphatic heterocycles. The van der Waals surface area contributed by atoms with Crippen molar-refractivity contribution in [2.75, 3.05) is 18.4 Å². The van der Waals surface area contributed by atoms with Crippen molar-refractivity contribution in [1.82, 2.24) is 21.3 Å². The van der Waals surface area contributed by atoms with Gasteiger partial charge in [-0.05, 0) is 69.2 Å². The minimum absolute atomic E-state index is 0.0105. The van der Waals surface area contributed by atoms with Crippen LogP contribution in [-0.4, -0.2) is 66.4 Å². The summed E-state index contributed by atoms with van der Waals surface area (Å²) in [5.41, 5.74) is 5.69. The number of carbonyl (C=O) groups excluding carboxylic acids is 6. The number of hydrogen-bond acceptors (Lipinski definition) is 8. The van der Waals surface area contributed by atoms with Crippen LogP contribution in [0.5, 0.6) is 0 Å². The summed E-state index contributed by atoms with van der Waals surface area (Å²) in [6.07, 6.45) is -0.366. The number of hydrogen-bond donors (Lipinski definition) is 6. The lowest BCUT2D eigenvalue weighted by Gasteiger charge is -2.28. The van der Waals surface area contributed by atoms with Crippen LogP contribution in [0.1, 0.15) is 98.9 Å². The predicted molar refractivity (Wildman–Crippen MR) is 186 cm³/mol. The molecule has 0 saturated heterocycles. The van der Waals surface area contributed by atoms with Crippen LogP contribution in [0.3, 0.4) is 0 Å². The van der Waals surface area contributed by atoms with Gasteiger partial charge in [-0.3, -0.25) is 24.0 Å². The molecule has 2 rings (SSSR count). The van der Waals surface area contributed by atoms with Crippen molar-refractivity contribution in [2.45, 2.75) is 92.3 Å². The molecule has 2 aromatic rings. The number of primary amides is 1. The zero-order valence-corrected chi connectivity index (χ0v) is 30.4. The molecule has 1 aromatic heterocycles. The topological polar surface area (TPSA) is 198 Å². The van der Waals surface area contributed by atoms with Gasteiger partial charge in [0, 0.05) is 13.1 Å². The summed E-state index contributed by atoms with van der Waals surface area (Å²) in [6.45, 7) is 15.4. The molecule has 49 heavy (non-hydrogen) atoms. The van der Waals surface area contributed by atoms with E-state index in [2.05, 4.69) is 26.6 Å². The quantitative estimate of drug-likeness (QED) is 0.151. The lowest BCUT2D eigenvalue weighted by molar-refractivity contribution is -0.131. The first-order chi connectivity index (χ1) is 22.8. The number of rotatable bonds is 15. The lowest BCUT2D eigenvalue weighted by Crippen LogP contribution is -2.57. The standard InChI is InChI=1S/C34H49FN6O7S/c1-10-22(20-11-13-21(35)14-12-20)28(43)41-32-23(19(6)26(49-32)27(36)42)29(44)37-15-16-38-30(45)24(17(2)3)39-31(46)25(18(4)5)40-33(47)48-34(7,8)9/h11-14,17-18,22,24-25H,10,15-16H2,1-9H3,(H2,36,42)(H,37,44)(H,38,45)(H,39,46)(H,40,47)(H,41,43)/t22?,24-,25-/m0/s1. The third-order valence-electron chi connectivity index (χ3n) is 7.41. The molecule has 0 fully saturated rings. The maximum atomic E-state index is 13.5. The minimum atomic E-state index is -0.958. The first kappa shape index (κ1) is 40.6. The fourth-order valence-electron chi connectivity index (χ4n) is 4.88. The van der Waals surface area contributed by atoms with Crippen molar-refractivity contribution < 1.29 is 37.9 Å². The van der Waals surface area contributed by atoms with Crippen LogP contribution >= 0.6 is 11.3 Å². The third kappa shape index (κ3) is 11.8. The smallest absolute Gasteiger partial charge is 0.408 e. The van der Waals surface area contributed by atoms with Gasteiger partial charge in [-0.15, -0.1) is 11.3 Å². The number of thiophene rings is 1. The van der Waals surface area contributed by atoms with E-state index in [1.54, 1.807) is 55.4 Å². The van der Waals surface area contributed by atoms with E-state index in [0.717, 1.165) is 11.3 Å². The van der Waals surface area contributed by atoms with E-state index < -0.39 is 65.0 Å². The molecule has 0 aliphatic rings. The van der Waals surface area contributed by atoms with Gasteiger partial charge in [-0.1, -0.05) is 46.8 Å². The molecule has 270 valence electrons. The molecular formula is C34H49FN6O7S. The van der Waals surface area contributed by atoms with Crippen molar-refractivity contribution in [2.24, 2.45) is 17.6 Å². The fraction of sp³-hybridized carbons (Fsp3) is 0.529. The lowest BCUT2D eigenvalue weighted by atomic mass is 9.95. The summed E-state index contributed by atoms with van der Waals surface area (Å²) in [6, 6.07) is 3.63. The van der Waals surface area contributed by atoms with E-state index >= 15 is 0 Å². The van der Waals surface area contributed by atoms with Crippen molar-refractivity contribution in [3.05, 3.63) is 51.7 Å². The van der Waals surface area contributed by atoms with E-state index in [0.29, 0.717) is 12.0 Å². The maximum absolute atomic E-state index is 13.5. The van der Waals surface area contributed by atoms with E-state index in [4.69, 9.17) is 10.5 Å². The second-order valence-electron chi connectivity index (χ2n) is 13.3. The number of ether oxygens (including phenoxy) is 1. The molecule has 0 bridgehead atoms. The fourth-order valence-corrected chi connectivity index (χ4v) is 5.94. The first-order valence-corrected chi connectivity index (χ1v) is 16.9. The third-order valence-corrected chi connectivity index (χ3v) is 8.63. The highest BCUT2D eigenvalue weighted by molar-refractivity contribution is 7.18. The second kappa shape index (κ2) is 17.7. The average Bonchev–Trinajstić information content (AvgIpc) is 3.32. The minimum Gasteiger partial charge on any atom is -0.444 e. The Morgan fingerprint density at radius 1 is 0.857 bits per heavy atom. The van der Waals surface area contributed by atoms with Crippen LogP contribution in [0, 0.1) is 24.6 Å². The van der Waals surface area contributed by atoms with E-state index in [1.807, 2.05) is 0 Å². The second-order valence-corrected chi connectivity index (χ2v) is 14.3. The van der Waals surface area contributed by atoms with Crippen molar-refractivity contribution in [3.8, 4) is 0 Å². The van der Waals surface area contributed by atoms with Gasteiger partial charge in [0.25, 0.3) is 11.8 Å². The van der Waals surface area contributed by atoms with Crippen LogP contribution in [-0.2, 0) is 19.1 Å². The number of amides is 6. The number of nitrogens with two attached hydrogens (primary N) is 1. The molecule has 1 heterocycles. The Kier molecular flexibility index (Phi) is 14.7. The molecular weight excluding hydrogens is 655 g/mol. The highest BCUT2D eigenvalue weighted by atomic mass is 32.1. The molecule has 0 aliphatic carbocycles. The number of alkyl carbamates (subject to hydrolysis) is 1. The maximum Gasteiger partial charge on any atom is 0.408 e. The molecule has 0 radical (unpaired) electrons. The summed E-state index contributed by atoms with van der Waals surface area (Å²) in [5, 5.41) is 13.5. The first-order valence-electron chi connectivity index (χ1n) is 16.1. The Morgan fingerprint density at radius 2 is 1.41 bits per heavy atom. The Hall–Kier alpha value is -4.53.